The molecule has 0 radical (unpaired) electrons. The van der Waals surface area contributed by atoms with Crippen molar-refractivity contribution in [3.05, 3.63) is 24.3 Å². The minimum atomic E-state index is -0.712. The molecule has 20 heavy (non-hydrogen) atoms. The van der Waals surface area contributed by atoms with Crippen LogP contribution in [-0.2, 0) is 9.59 Å². The zero-order valence-corrected chi connectivity index (χ0v) is 11.5. The van der Waals surface area contributed by atoms with Crippen molar-refractivity contribution < 1.29 is 14.7 Å². The van der Waals surface area contributed by atoms with Gasteiger partial charge in [-0.2, -0.15) is 0 Å². The molecule has 0 unspecified atom stereocenters. The summed E-state index contributed by atoms with van der Waals surface area (Å²) in [5, 5.41) is 12.0. The molecule has 6 nitrogen and oxygen atoms in total. The number of likely N-dealkylation sites (N-methyl/N-ethyl adjacent to an activating group) is 1. The summed E-state index contributed by atoms with van der Waals surface area (Å²) in [6.07, 6.45) is 0. The number of aromatic hydroxyl groups is 1. The summed E-state index contributed by atoms with van der Waals surface area (Å²) in [4.78, 5) is 27.7. The van der Waals surface area contributed by atoms with Gasteiger partial charge in [0.1, 0.15) is 5.75 Å². The molecule has 2 N–H and O–H groups in total. The van der Waals surface area contributed by atoms with Gasteiger partial charge in [-0.3, -0.25) is 9.59 Å². The predicted octanol–water partition coefficient (Wildman–Crippen LogP) is 0.495. The maximum atomic E-state index is 12.0. The number of piperazine rings is 1. The second-order valence-electron chi connectivity index (χ2n) is 4.70. The van der Waals surface area contributed by atoms with Crippen molar-refractivity contribution in [2.75, 3.05) is 38.0 Å². The van der Waals surface area contributed by atoms with Gasteiger partial charge in [0.05, 0.1) is 5.69 Å². The maximum Gasteiger partial charge on any atom is 0.314 e. The summed E-state index contributed by atoms with van der Waals surface area (Å²) in [6.45, 7) is 5.70. The highest BCUT2D eigenvalue weighted by molar-refractivity contribution is 6.39. The van der Waals surface area contributed by atoms with E-state index in [4.69, 9.17) is 0 Å². The molecule has 1 heterocycles. The lowest BCUT2D eigenvalue weighted by atomic mass is 10.2. The Morgan fingerprint density at radius 1 is 1.20 bits per heavy atom. The number of nitrogens with zero attached hydrogens (tertiary/aromatic N) is 2. The van der Waals surface area contributed by atoms with Crippen molar-refractivity contribution in [1.29, 1.82) is 0 Å². The van der Waals surface area contributed by atoms with Crippen molar-refractivity contribution in [3.8, 4) is 5.75 Å². The van der Waals surface area contributed by atoms with E-state index in [1.54, 1.807) is 23.1 Å². The Morgan fingerprint density at radius 3 is 2.45 bits per heavy atom. The molecule has 6 heteroatoms. The number of phenolic OH excluding ortho intramolecular Hbond substituents is 1. The number of carbonyl (C=O) groups is 2. The van der Waals surface area contributed by atoms with E-state index in [9.17, 15) is 14.7 Å². The molecule has 0 bridgehead atoms. The van der Waals surface area contributed by atoms with Crippen LogP contribution in [0.4, 0.5) is 5.69 Å². The Hall–Kier alpha value is -2.08. The zero-order valence-electron chi connectivity index (χ0n) is 11.5. The fraction of sp³-hybridized carbons (Fsp3) is 0.429. The van der Waals surface area contributed by atoms with Crippen LogP contribution in [0.2, 0.25) is 0 Å². The number of benzene rings is 1. The highest BCUT2D eigenvalue weighted by Crippen LogP contribution is 2.21. The molecule has 0 aliphatic carbocycles. The molecular formula is C14H19N3O3. The quantitative estimate of drug-likeness (QED) is 0.610. The van der Waals surface area contributed by atoms with Gasteiger partial charge >= 0.3 is 11.8 Å². The summed E-state index contributed by atoms with van der Waals surface area (Å²) in [7, 11) is 0. The smallest absolute Gasteiger partial charge is 0.314 e. The molecule has 0 saturated carbocycles. The fourth-order valence-electron chi connectivity index (χ4n) is 2.17. The molecule has 2 amide bonds. The first kappa shape index (κ1) is 14.3. The summed E-state index contributed by atoms with van der Waals surface area (Å²) >= 11 is 0. The van der Waals surface area contributed by atoms with Crippen molar-refractivity contribution in [3.63, 3.8) is 0 Å². The normalized spacial score (nSPS) is 15.9. The Balaban J connectivity index is 1.93. The van der Waals surface area contributed by atoms with Crippen molar-refractivity contribution in [2.45, 2.75) is 6.92 Å². The monoisotopic (exact) mass is 277 g/mol. The molecule has 2 rings (SSSR count). The number of para-hydroxylation sites is 2. The van der Waals surface area contributed by atoms with Gasteiger partial charge in [-0.15, -0.1) is 0 Å². The summed E-state index contributed by atoms with van der Waals surface area (Å²) in [5.74, 6) is -1.31. The number of anilines is 1. The minimum Gasteiger partial charge on any atom is -0.506 e. The van der Waals surface area contributed by atoms with E-state index >= 15 is 0 Å². The van der Waals surface area contributed by atoms with Crippen LogP contribution in [0, 0.1) is 0 Å². The molecule has 1 saturated heterocycles. The minimum absolute atomic E-state index is 0.0514. The third-order valence-electron chi connectivity index (χ3n) is 3.45. The Bertz CT molecular complexity index is 496. The predicted molar refractivity (Wildman–Crippen MR) is 75.4 cm³/mol. The van der Waals surface area contributed by atoms with Gasteiger partial charge in [0.25, 0.3) is 0 Å². The first-order chi connectivity index (χ1) is 9.61. The van der Waals surface area contributed by atoms with Gasteiger partial charge in [0.15, 0.2) is 0 Å². The van der Waals surface area contributed by atoms with E-state index in [1.807, 2.05) is 0 Å². The van der Waals surface area contributed by atoms with Crippen molar-refractivity contribution in [1.82, 2.24) is 9.80 Å². The second-order valence-corrected chi connectivity index (χ2v) is 4.70. The highest BCUT2D eigenvalue weighted by atomic mass is 16.3. The number of rotatable bonds is 2. The number of carbonyl (C=O) groups excluding carboxylic acids is 2. The van der Waals surface area contributed by atoms with E-state index in [2.05, 4.69) is 17.1 Å². The van der Waals surface area contributed by atoms with Crippen LogP contribution in [0.3, 0.4) is 0 Å². The van der Waals surface area contributed by atoms with E-state index in [1.165, 1.54) is 6.07 Å². The Kier molecular flexibility index (Phi) is 4.57. The average molecular weight is 277 g/mol. The van der Waals surface area contributed by atoms with Gasteiger partial charge in [0.2, 0.25) is 0 Å². The molecule has 1 aromatic carbocycles. The summed E-state index contributed by atoms with van der Waals surface area (Å²) in [5.41, 5.74) is 0.248. The second kappa shape index (κ2) is 6.38. The molecule has 1 aliphatic rings. The summed E-state index contributed by atoms with van der Waals surface area (Å²) in [6, 6.07) is 6.34. The first-order valence-electron chi connectivity index (χ1n) is 6.72. The highest BCUT2D eigenvalue weighted by Gasteiger charge is 2.25. The molecule has 1 aliphatic heterocycles. The van der Waals surface area contributed by atoms with Crippen LogP contribution in [0.15, 0.2) is 24.3 Å². The molecule has 0 spiro atoms. The van der Waals surface area contributed by atoms with Crippen LogP contribution in [-0.4, -0.2) is 59.4 Å². The van der Waals surface area contributed by atoms with Crippen LogP contribution >= 0.6 is 0 Å². The fourth-order valence-corrected chi connectivity index (χ4v) is 2.17. The number of hydrogen-bond donors (Lipinski definition) is 2. The molecule has 108 valence electrons. The molecule has 1 fully saturated rings. The van der Waals surface area contributed by atoms with E-state index < -0.39 is 11.8 Å². The largest absolute Gasteiger partial charge is 0.506 e. The molecular weight excluding hydrogens is 258 g/mol. The molecule has 1 aromatic rings. The maximum absolute atomic E-state index is 12.0. The average Bonchev–Trinajstić information content (AvgIpc) is 2.49. The standard InChI is InChI=1S/C14H19N3O3/c1-2-16-7-9-17(10-8-16)14(20)13(19)15-11-5-3-4-6-12(11)18/h3-6,18H,2,7-10H2,1H3,(H,15,19). The van der Waals surface area contributed by atoms with Crippen LogP contribution in [0.5, 0.6) is 5.75 Å². The SMILES string of the molecule is CCN1CCN(C(=O)C(=O)Nc2ccccc2O)CC1. The lowest BCUT2D eigenvalue weighted by Gasteiger charge is -2.33. The van der Waals surface area contributed by atoms with Crippen LogP contribution < -0.4 is 5.32 Å². The first-order valence-corrected chi connectivity index (χ1v) is 6.72. The van der Waals surface area contributed by atoms with Crippen LogP contribution in [0.25, 0.3) is 0 Å². The van der Waals surface area contributed by atoms with Gasteiger partial charge in [0, 0.05) is 26.2 Å². The van der Waals surface area contributed by atoms with Crippen molar-refractivity contribution >= 4 is 17.5 Å². The van der Waals surface area contributed by atoms with Gasteiger partial charge < -0.3 is 20.2 Å². The molecule has 0 aromatic heterocycles. The van der Waals surface area contributed by atoms with Crippen LogP contribution in [0.1, 0.15) is 6.92 Å². The number of amides is 2. The van der Waals surface area contributed by atoms with Gasteiger partial charge in [-0.1, -0.05) is 19.1 Å². The third kappa shape index (κ3) is 3.27. The lowest BCUT2D eigenvalue weighted by molar-refractivity contribution is -0.144. The van der Waals surface area contributed by atoms with Gasteiger partial charge in [-0.25, -0.2) is 0 Å². The molecule has 0 atom stereocenters. The van der Waals surface area contributed by atoms with Crippen molar-refractivity contribution in [2.24, 2.45) is 0 Å². The zero-order chi connectivity index (χ0) is 14.5. The topological polar surface area (TPSA) is 72.9 Å². The Morgan fingerprint density at radius 2 is 1.85 bits per heavy atom. The summed E-state index contributed by atoms with van der Waals surface area (Å²) < 4.78 is 0. The van der Waals surface area contributed by atoms with Gasteiger partial charge in [-0.05, 0) is 18.7 Å². The number of phenols is 1. The van der Waals surface area contributed by atoms with E-state index in [-0.39, 0.29) is 11.4 Å². The lowest BCUT2D eigenvalue weighted by Crippen LogP contribution is -2.51. The number of hydrogen-bond acceptors (Lipinski definition) is 4. The number of nitrogens with one attached hydrogen (secondary N) is 1. The van der Waals surface area contributed by atoms with E-state index in [0.717, 1.165) is 19.6 Å². The Labute approximate surface area is 118 Å². The van der Waals surface area contributed by atoms with E-state index in [0.29, 0.717) is 13.1 Å². The third-order valence-corrected chi connectivity index (χ3v) is 3.45.